The molecule has 6 N–H and O–H groups in total. The van der Waals surface area contributed by atoms with E-state index in [0.717, 1.165) is 33.2 Å². The number of fused-ring (bicyclic) bond motifs is 2. The van der Waals surface area contributed by atoms with Crippen LogP contribution in [0, 0.1) is 6.92 Å². The molecule has 4 rings (SSSR count). The Kier molecular flexibility index (Phi) is 4.58. The molecule has 2 amide bonds. The molecule has 0 spiro atoms. The molecule has 0 atom stereocenters. The topological polar surface area (TPSA) is 116 Å². The number of nitrogens with one attached hydrogen (secondary N) is 4. The first kappa shape index (κ1) is 17.8. The lowest BCUT2D eigenvalue weighted by molar-refractivity contribution is 0.0950. The minimum absolute atomic E-state index is 0.205. The van der Waals surface area contributed by atoms with Gasteiger partial charge in [0.25, 0.3) is 11.8 Å². The van der Waals surface area contributed by atoms with Crippen LogP contribution in [-0.4, -0.2) is 34.9 Å². The first-order valence-corrected chi connectivity index (χ1v) is 9.05. The number of carbonyl (C=O) groups is 2. The van der Waals surface area contributed by atoms with Crippen LogP contribution in [0.5, 0.6) is 0 Å². The van der Waals surface area contributed by atoms with Gasteiger partial charge < -0.3 is 26.3 Å². The summed E-state index contributed by atoms with van der Waals surface area (Å²) in [6, 6.07) is 14.8. The third kappa shape index (κ3) is 3.47. The zero-order chi connectivity index (χ0) is 19.7. The number of rotatable bonds is 5. The number of anilines is 1. The summed E-state index contributed by atoms with van der Waals surface area (Å²) < 4.78 is 0. The lowest BCUT2D eigenvalue weighted by Gasteiger charge is -2.06. The fourth-order valence-electron chi connectivity index (χ4n) is 3.24. The highest BCUT2D eigenvalue weighted by molar-refractivity contribution is 6.07. The summed E-state index contributed by atoms with van der Waals surface area (Å²) in [6.45, 7) is 2.78. The first-order chi connectivity index (χ1) is 13.5. The second-order valence-electron chi connectivity index (χ2n) is 6.74. The molecule has 0 saturated carbocycles. The number of benzene rings is 2. The highest BCUT2D eigenvalue weighted by Crippen LogP contribution is 2.22. The van der Waals surface area contributed by atoms with Gasteiger partial charge in [-0.3, -0.25) is 9.59 Å². The predicted molar refractivity (Wildman–Crippen MR) is 111 cm³/mol. The molecule has 7 heteroatoms. The molecule has 142 valence electrons. The fraction of sp³-hybridized carbons (Fsp3) is 0.143. The molecule has 2 heterocycles. The van der Waals surface area contributed by atoms with E-state index in [9.17, 15) is 9.59 Å². The van der Waals surface area contributed by atoms with Gasteiger partial charge in [-0.2, -0.15) is 0 Å². The summed E-state index contributed by atoms with van der Waals surface area (Å²) in [7, 11) is 0. The number of amides is 2. The van der Waals surface area contributed by atoms with Crippen LogP contribution in [0.4, 0.5) is 5.69 Å². The number of carbonyl (C=O) groups excluding carboxylic acids is 2. The van der Waals surface area contributed by atoms with Crippen LogP contribution in [0.15, 0.2) is 48.5 Å². The van der Waals surface area contributed by atoms with Gasteiger partial charge in [-0.15, -0.1) is 0 Å². The summed E-state index contributed by atoms with van der Waals surface area (Å²) in [5, 5.41) is 7.48. The molecule has 0 aliphatic heterocycles. The Morgan fingerprint density at radius 2 is 1.68 bits per heavy atom. The fourth-order valence-corrected chi connectivity index (χ4v) is 3.24. The van der Waals surface area contributed by atoms with Crippen LogP contribution in [0.25, 0.3) is 21.8 Å². The van der Waals surface area contributed by atoms with Crippen LogP contribution >= 0.6 is 0 Å². The monoisotopic (exact) mass is 375 g/mol. The van der Waals surface area contributed by atoms with Gasteiger partial charge in [0.1, 0.15) is 5.69 Å². The Balaban J connectivity index is 1.55. The molecular formula is C21H21N5O2. The van der Waals surface area contributed by atoms with Crippen LogP contribution in [0.3, 0.4) is 0 Å². The van der Waals surface area contributed by atoms with Gasteiger partial charge in [-0.25, -0.2) is 0 Å². The van der Waals surface area contributed by atoms with E-state index < -0.39 is 0 Å². The Bertz CT molecular complexity index is 1190. The van der Waals surface area contributed by atoms with E-state index in [0.29, 0.717) is 24.3 Å². The lowest BCUT2D eigenvalue weighted by atomic mass is 10.1. The molecule has 4 aromatic rings. The van der Waals surface area contributed by atoms with Crippen molar-refractivity contribution in [2.75, 3.05) is 18.4 Å². The average molecular weight is 375 g/mol. The first-order valence-electron chi connectivity index (χ1n) is 9.05. The smallest absolute Gasteiger partial charge is 0.267 e. The second-order valence-corrected chi connectivity index (χ2v) is 6.74. The molecule has 0 saturated heterocycles. The minimum Gasteiger partial charge on any atom is -0.359 e. The number of aromatic amines is 2. The van der Waals surface area contributed by atoms with Crippen molar-refractivity contribution in [2.24, 2.45) is 5.73 Å². The number of hydrogen-bond donors (Lipinski definition) is 5. The molecule has 2 aromatic carbocycles. The summed E-state index contributed by atoms with van der Waals surface area (Å²) in [6.07, 6.45) is 0. The Morgan fingerprint density at radius 1 is 0.929 bits per heavy atom. The SMILES string of the molecule is Cc1cc2cc(NC(=O)c3ccc4[nH]c(C(=O)NCCN)cc4c3)ccc2[nH]1. The van der Waals surface area contributed by atoms with Crippen LogP contribution in [0.2, 0.25) is 0 Å². The van der Waals surface area contributed by atoms with Gasteiger partial charge in [0.05, 0.1) is 0 Å². The van der Waals surface area contributed by atoms with Crippen molar-refractivity contribution in [3.05, 3.63) is 65.5 Å². The van der Waals surface area contributed by atoms with Crippen molar-refractivity contribution >= 4 is 39.3 Å². The standard InChI is InChI=1S/C21H21N5O2/c1-12-8-14-10-16(3-5-17(14)24-12)25-20(27)13-2-4-18-15(9-13)11-19(26-18)21(28)23-7-6-22/h2-5,8-11,24,26H,6-7,22H2,1H3,(H,23,28)(H,25,27). The number of hydrogen-bond acceptors (Lipinski definition) is 3. The average Bonchev–Trinajstić information content (AvgIpc) is 3.27. The van der Waals surface area contributed by atoms with Crippen LogP contribution in [-0.2, 0) is 0 Å². The van der Waals surface area contributed by atoms with Crippen molar-refractivity contribution < 1.29 is 9.59 Å². The molecule has 0 unspecified atom stereocenters. The number of nitrogens with two attached hydrogens (primary N) is 1. The number of H-pyrrole nitrogens is 2. The highest BCUT2D eigenvalue weighted by atomic mass is 16.2. The molecule has 28 heavy (non-hydrogen) atoms. The Hall–Kier alpha value is -3.58. The van der Waals surface area contributed by atoms with E-state index in [4.69, 9.17) is 5.73 Å². The maximum Gasteiger partial charge on any atom is 0.267 e. The van der Waals surface area contributed by atoms with E-state index >= 15 is 0 Å². The summed E-state index contributed by atoms with van der Waals surface area (Å²) in [4.78, 5) is 31.0. The normalized spacial score (nSPS) is 11.1. The predicted octanol–water partition coefficient (Wildman–Crippen LogP) is 2.90. The van der Waals surface area contributed by atoms with Gasteiger partial charge in [0.15, 0.2) is 0 Å². The van der Waals surface area contributed by atoms with Crippen molar-refractivity contribution in [3.63, 3.8) is 0 Å². The van der Waals surface area contributed by atoms with Gasteiger partial charge >= 0.3 is 0 Å². The number of aryl methyl sites for hydroxylation is 1. The zero-order valence-electron chi connectivity index (χ0n) is 15.4. The summed E-state index contributed by atoms with van der Waals surface area (Å²) in [5.74, 6) is -0.424. The molecule has 0 bridgehead atoms. The molecule has 0 fully saturated rings. The van der Waals surface area contributed by atoms with Gasteiger partial charge in [-0.1, -0.05) is 0 Å². The Morgan fingerprint density at radius 3 is 2.50 bits per heavy atom. The molecule has 7 nitrogen and oxygen atoms in total. The third-order valence-electron chi connectivity index (χ3n) is 4.57. The molecule has 2 aromatic heterocycles. The minimum atomic E-state index is -0.220. The van der Waals surface area contributed by atoms with E-state index in [1.54, 1.807) is 24.3 Å². The quantitative estimate of drug-likeness (QED) is 0.369. The molecule has 0 aliphatic carbocycles. The summed E-state index contributed by atoms with van der Waals surface area (Å²) in [5.41, 5.74) is 9.99. The number of aromatic nitrogens is 2. The molecule has 0 radical (unpaired) electrons. The Labute approximate surface area is 161 Å². The van der Waals surface area contributed by atoms with Gasteiger partial charge in [0, 0.05) is 51.8 Å². The van der Waals surface area contributed by atoms with Crippen LogP contribution < -0.4 is 16.4 Å². The van der Waals surface area contributed by atoms with Gasteiger partial charge in [0.2, 0.25) is 0 Å². The van der Waals surface area contributed by atoms with Crippen molar-refractivity contribution in [2.45, 2.75) is 6.92 Å². The maximum absolute atomic E-state index is 12.7. The van der Waals surface area contributed by atoms with E-state index in [2.05, 4.69) is 20.6 Å². The lowest BCUT2D eigenvalue weighted by Crippen LogP contribution is -2.29. The van der Waals surface area contributed by atoms with Crippen molar-refractivity contribution in [1.29, 1.82) is 0 Å². The molecule has 0 aliphatic rings. The van der Waals surface area contributed by atoms with E-state index in [-0.39, 0.29) is 11.8 Å². The molecular weight excluding hydrogens is 354 g/mol. The van der Waals surface area contributed by atoms with Crippen molar-refractivity contribution in [1.82, 2.24) is 15.3 Å². The summed E-state index contributed by atoms with van der Waals surface area (Å²) >= 11 is 0. The van der Waals surface area contributed by atoms with Crippen molar-refractivity contribution in [3.8, 4) is 0 Å². The van der Waals surface area contributed by atoms with E-state index in [1.807, 2.05) is 31.2 Å². The third-order valence-corrected chi connectivity index (χ3v) is 4.57. The zero-order valence-corrected chi connectivity index (χ0v) is 15.4. The second kappa shape index (κ2) is 7.21. The highest BCUT2D eigenvalue weighted by Gasteiger charge is 2.12. The van der Waals surface area contributed by atoms with Crippen LogP contribution in [0.1, 0.15) is 26.5 Å². The largest absolute Gasteiger partial charge is 0.359 e. The van der Waals surface area contributed by atoms with Gasteiger partial charge in [-0.05, 0) is 55.5 Å². The maximum atomic E-state index is 12.7. The van der Waals surface area contributed by atoms with E-state index in [1.165, 1.54) is 0 Å².